The van der Waals surface area contributed by atoms with E-state index in [-0.39, 0.29) is 0 Å². The van der Waals surface area contributed by atoms with Crippen molar-refractivity contribution < 1.29 is 14.5 Å². The zero-order chi connectivity index (χ0) is 14.8. The van der Waals surface area contributed by atoms with E-state index in [0.29, 0.717) is 19.0 Å². The molecule has 0 aromatic heterocycles. The Balaban J connectivity index is 1.93. The molecular weight excluding hydrogens is 268 g/mol. The van der Waals surface area contributed by atoms with Gasteiger partial charge in [0.2, 0.25) is 0 Å². The predicted molar refractivity (Wildman–Crippen MR) is 71.0 cm³/mol. The molecule has 110 valence electrons. The summed E-state index contributed by atoms with van der Waals surface area (Å²) in [6.45, 7) is 0.836. The van der Waals surface area contributed by atoms with Crippen molar-refractivity contribution in [3.63, 3.8) is 0 Å². The molecule has 3 N–H and O–H groups in total. The second kappa shape index (κ2) is 3.76. The fraction of sp³-hybridized carbons (Fsp3) is 0.800. The van der Waals surface area contributed by atoms with E-state index in [9.17, 15) is 10.5 Å². The Bertz CT molecular complexity index is 602. The summed E-state index contributed by atoms with van der Waals surface area (Å²) in [7, 11) is 0. The van der Waals surface area contributed by atoms with Crippen LogP contribution >= 0.6 is 0 Å². The molecule has 2 aliphatic heterocycles. The van der Waals surface area contributed by atoms with Crippen LogP contribution in [0.4, 0.5) is 0 Å². The molecule has 0 aromatic rings. The second-order valence-electron chi connectivity index (χ2n) is 6.57. The van der Waals surface area contributed by atoms with Crippen LogP contribution in [0.2, 0.25) is 0 Å². The van der Waals surface area contributed by atoms with E-state index in [1.54, 1.807) is 0 Å². The Morgan fingerprint density at radius 3 is 2.14 bits per heavy atom. The van der Waals surface area contributed by atoms with Gasteiger partial charge in [0.15, 0.2) is 10.8 Å². The van der Waals surface area contributed by atoms with Gasteiger partial charge in [-0.05, 0) is 12.8 Å². The smallest absolute Gasteiger partial charge is 0.311 e. The highest BCUT2D eigenvalue weighted by atomic mass is 16.8. The van der Waals surface area contributed by atoms with Crippen molar-refractivity contribution in [2.45, 2.75) is 44.4 Å². The molecule has 6 heteroatoms. The van der Waals surface area contributed by atoms with E-state index < -0.39 is 22.2 Å². The van der Waals surface area contributed by atoms with Gasteiger partial charge in [-0.25, -0.2) is 4.99 Å². The van der Waals surface area contributed by atoms with Crippen LogP contribution < -0.4 is 10.7 Å². The summed E-state index contributed by atoms with van der Waals surface area (Å²) in [6, 6.07) is 4.81. The van der Waals surface area contributed by atoms with Crippen LogP contribution in [0.15, 0.2) is 0 Å². The third kappa shape index (κ3) is 1.02. The van der Waals surface area contributed by atoms with Crippen molar-refractivity contribution in [2.24, 2.45) is 22.0 Å². The Morgan fingerprint density at radius 1 is 1.00 bits per heavy atom. The van der Waals surface area contributed by atoms with Gasteiger partial charge >= 0.3 is 5.91 Å². The molecular formula is C15H19N4O2+. The average molecular weight is 287 g/mol. The Morgan fingerprint density at radius 2 is 1.62 bits per heavy atom. The van der Waals surface area contributed by atoms with Gasteiger partial charge in [-0.2, -0.15) is 10.5 Å². The molecule has 1 saturated heterocycles. The second-order valence-corrected chi connectivity index (χ2v) is 6.57. The molecule has 4 rings (SSSR count). The first-order valence-electron chi connectivity index (χ1n) is 7.68. The fourth-order valence-corrected chi connectivity index (χ4v) is 5.38. The molecule has 4 aliphatic rings. The van der Waals surface area contributed by atoms with Crippen LogP contribution in [0.3, 0.4) is 0 Å². The molecule has 0 aromatic carbocycles. The monoisotopic (exact) mass is 287 g/mol. The summed E-state index contributed by atoms with van der Waals surface area (Å²) < 4.78 is 11.6. The van der Waals surface area contributed by atoms with Crippen molar-refractivity contribution in [2.75, 3.05) is 13.2 Å². The molecule has 6 nitrogen and oxygen atoms in total. The van der Waals surface area contributed by atoms with Gasteiger partial charge in [-0.15, -0.1) is 0 Å². The van der Waals surface area contributed by atoms with E-state index in [1.807, 2.05) is 0 Å². The van der Waals surface area contributed by atoms with Crippen LogP contribution in [0.25, 0.3) is 0 Å². The number of fused-ring (bicyclic) bond motifs is 4. The number of hydrogen-bond donors (Lipinski definition) is 2. The molecule has 2 aliphatic carbocycles. The quantitative estimate of drug-likeness (QED) is 0.625. The molecule has 21 heavy (non-hydrogen) atoms. The maximum Gasteiger partial charge on any atom is 0.343 e. The van der Waals surface area contributed by atoms with E-state index in [1.165, 1.54) is 0 Å². The molecule has 2 heterocycles. The van der Waals surface area contributed by atoms with Crippen LogP contribution in [0.5, 0.6) is 0 Å². The number of nitrogens with zero attached hydrogens (tertiary/aromatic N) is 2. The minimum Gasteiger partial charge on any atom is -0.311 e. The van der Waals surface area contributed by atoms with E-state index >= 15 is 0 Å². The summed E-state index contributed by atoms with van der Waals surface area (Å²) >= 11 is 0. The Labute approximate surface area is 123 Å². The maximum atomic E-state index is 10.0. The number of ether oxygens (including phenoxy) is 2. The van der Waals surface area contributed by atoms with E-state index in [0.717, 1.165) is 38.5 Å². The van der Waals surface area contributed by atoms with Crippen LogP contribution in [0, 0.1) is 38.9 Å². The van der Waals surface area contributed by atoms with Gasteiger partial charge in [0.1, 0.15) is 0 Å². The highest BCUT2D eigenvalue weighted by molar-refractivity contribution is 5.95. The zero-order valence-corrected chi connectivity index (χ0v) is 11.9. The van der Waals surface area contributed by atoms with Crippen molar-refractivity contribution in [3.8, 4) is 12.1 Å². The molecule has 0 unspecified atom stereocenters. The summed E-state index contributed by atoms with van der Waals surface area (Å²) in [5.41, 5.74) is 3.77. The Hall–Kier alpha value is -1.63. The Kier molecular flexibility index (Phi) is 2.34. The number of nitrogens with one attached hydrogen (secondary N) is 1. The standard InChI is InChI=1S/C15H18N4O2/c16-9-13-11(18)19-15(20-7-8-21-15)14(13,10-17)12(13)5-3-1-2-4-6-12/h1-8H2,(H2,18,19)/p+1/t13-,14+/m0/s1. The zero-order valence-electron chi connectivity index (χ0n) is 11.9. The number of hydrogen-bond acceptors (Lipinski definition) is 5. The number of nitrogens with two attached hydrogens (primary N) is 1. The van der Waals surface area contributed by atoms with Crippen molar-refractivity contribution in [1.29, 1.82) is 10.5 Å². The minimum absolute atomic E-state index is 0.357. The SMILES string of the molecule is N#C[C@]12C3([NH+]=C(N)[C@@]1(C#N)C21CCCCCC1)OCCO3. The largest absolute Gasteiger partial charge is 0.343 e. The maximum absolute atomic E-state index is 10.0. The van der Waals surface area contributed by atoms with E-state index in [2.05, 4.69) is 17.1 Å². The lowest BCUT2D eigenvalue weighted by atomic mass is 9.83. The number of nitriles is 2. The number of amidine groups is 1. The van der Waals surface area contributed by atoms with Gasteiger partial charge in [0.25, 0.3) is 5.84 Å². The average Bonchev–Trinajstić information content (AvgIpc) is 2.72. The summed E-state index contributed by atoms with van der Waals surface area (Å²) in [6.07, 6.45) is 6.02. The first kappa shape index (κ1) is 13.1. The highest BCUT2D eigenvalue weighted by Crippen LogP contribution is 2.86. The topological polar surface area (TPSA) is 106 Å². The molecule has 2 atom stereocenters. The summed E-state index contributed by atoms with van der Waals surface area (Å²) in [5.74, 6) is -0.873. The lowest BCUT2D eigenvalue weighted by Crippen LogP contribution is -2.90. The van der Waals surface area contributed by atoms with Gasteiger partial charge in [0.05, 0.1) is 25.4 Å². The van der Waals surface area contributed by atoms with Gasteiger partial charge in [0, 0.05) is 5.41 Å². The van der Waals surface area contributed by atoms with Crippen molar-refractivity contribution in [1.82, 2.24) is 0 Å². The normalized spacial score (nSPS) is 41.9. The van der Waals surface area contributed by atoms with Gasteiger partial charge < -0.3 is 9.47 Å². The molecule has 2 saturated carbocycles. The van der Waals surface area contributed by atoms with Crippen LogP contribution in [-0.4, -0.2) is 25.0 Å². The number of rotatable bonds is 0. The summed E-state index contributed by atoms with van der Waals surface area (Å²) in [4.78, 5) is 3.01. The predicted octanol–water partition coefficient (Wildman–Crippen LogP) is -0.487. The lowest BCUT2D eigenvalue weighted by molar-refractivity contribution is -0.678. The van der Waals surface area contributed by atoms with Crippen molar-refractivity contribution in [3.05, 3.63) is 0 Å². The van der Waals surface area contributed by atoms with Gasteiger partial charge in [-0.1, -0.05) is 25.7 Å². The van der Waals surface area contributed by atoms with Crippen LogP contribution in [-0.2, 0) is 9.47 Å². The van der Waals surface area contributed by atoms with Crippen molar-refractivity contribution >= 4 is 5.84 Å². The summed E-state index contributed by atoms with van der Waals surface area (Å²) in [5, 5.41) is 20.0. The fourth-order valence-electron chi connectivity index (χ4n) is 5.38. The lowest BCUT2D eigenvalue weighted by Gasteiger charge is -2.28. The first-order valence-corrected chi connectivity index (χ1v) is 7.68. The first-order chi connectivity index (χ1) is 10.2. The molecule has 3 fully saturated rings. The van der Waals surface area contributed by atoms with Crippen LogP contribution in [0.1, 0.15) is 38.5 Å². The molecule has 2 spiro atoms. The third-order valence-corrected chi connectivity index (χ3v) is 6.12. The molecule has 0 amide bonds. The molecule has 0 radical (unpaired) electrons. The van der Waals surface area contributed by atoms with Gasteiger partial charge in [-0.3, -0.25) is 5.73 Å². The third-order valence-electron chi connectivity index (χ3n) is 6.12. The molecule has 0 bridgehead atoms. The van der Waals surface area contributed by atoms with E-state index in [4.69, 9.17) is 15.2 Å². The minimum atomic E-state index is -1.23. The highest BCUT2D eigenvalue weighted by Gasteiger charge is 3.03.